The summed E-state index contributed by atoms with van der Waals surface area (Å²) in [5, 5.41) is 2.53. The summed E-state index contributed by atoms with van der Waals surface area (Å²) < 4.78 is 42.6. The molecule has 0 aliphatic heterocycles. The summed E-state index contributed by atoms with van der Waals surface area (Å²) in [5.74, 6) is -0.899. The number of hydrogen-bond acceptors (Lipinski definition) is 3. The van der Waals surface area contributed by atoms with Gasteiger partial charge in [-0.1, -0.05) is 6.07 Å². The zero-order valence-corrected chi connectivity index (χ0v) is 12.3. The van der Waals surface area contributed by atoms with Gasteiger partial charge in [0.25, 0.3) is 11.8 Å². The molecule has 0 bridgehead atoms. The van der Waals surface area contributed by atoms with Crippen molar-refractivity contribution in [2.75, 3.05) is 11.9 Å². The fourth-order valence-electron chi connectivity index (χ4n) is 1.83. The lowest BCUT2D eigenvalue weighted by atomic mass is 10.1. The van der Waals surface area contributed by atoms with Crippen LogP contribution in [0.15, 0.2) is 48.5 Å². The Hall–Kier alpha value is -3.03. The largest absolute Gasteiger partial charge is 0.484 e. The Morgan fingerprint density at radius 1 is 1.08 bits per heavy atom. The Morgan fingerprint density at radius 2 is 1.75 bits per heavy atom. The van der Waals surface area contributed by atoms with Crippen LogP contribution in [-0.4, -0.2) is 18.4 Å². The van der Waals surface area contributed by atoms with E-state index in [4.69, 9.17) is 10.5 Å². The van der Waals surface area contributed by atoms with E-state index in [1.54, 1.807) is 18.2 Å². The van der Waals surface area contributed by atoms with Crippen LogP contribution in [0, 0.1) is 0 Å². The third kappa shape index (κ3) is 4.73. The predicted molar refractivity (Wildman–Crippen MR) is 80.5 cm³/mol. The molecule has 0 spiro atoms. The number of nitrogens with one attached hydrogen (secondary N) is 1. The number of carbonyl (C=O) groups excluding carboxylic acids is 2. The molecule has 3 N–H and O–H groups in total. The SMILES string of the molecule is NC(=O)COc1cccc(NC(=O)c2ccc(C(F)(F)F)cc2)c1. The number of nitrogens with two attached hydrogens (primary N) is 1. The van der Waals surface area contributed by atoms with Crippen LogP contribution in [0.2, 0.25) is 0 Å². The normalized spacial score (nSPS) is 11.0. The zero-order chi connectivity index (χ0) is 17.7. The maximum Gasteiger partial charge on any atom is 0.416 e. The van der Waals surface area contributed by atoms with Crippen LogP contribution in [0.4, 0.5) is 18.9 Å². The minimum absolute atomic E-state index is 0.0754. The van der Waals surface area contributed by atoms with Crippen molar-refractivity contribution >= 4 is 17.5 Å². The molecule has 0 aliphatic carbocycles. The van der Waals surface area contributed by atoms with Gasteiger partial charge in [-0.15, -0.1) is 0 Å². The third-order valence-corrected chi connectivity index (χ3v) is 2.95. The van der Waals surface area contributed by atoms with Gasteiger partial charge in [-0.05, 0) is 36.4 Å². The molecule has 5 nitrogen and oxygen atoms in total. The van der Waals surface area contributed by atoms with Crippen LogP contribution in [0.1, 0.15) is 15.9 Å². The van der Waals surface area contributed by atoms with Gasteiger partial charge in [0.2, 0.25) is 0 Å². The summed E-state index contributed by atoms with van der Waals surface area (Å²) in [5.41, 5.74) is 4.57. The van der Waals surface area contributed by atoms with E-state index in [2.05, 4.69) is 5.32 Å². The van der Waals surface area contributed by atoms with Gasteiger partial charge in [0.05, 0.1) is 5.56 Å². The van der Waals surface area contributed by atoms with Crippen molar-refractivity contribution in [1.29, 1.82) is 0 Å². The lowest BCUT2D eigenvalue weighted by Crippen LogP contribution is -2.20. The smallest absolute Gasteiger partial charge is 0.416 e. The van der Waals surface area contributed by atoms with E-state index in [-0.39, 0.29) is 12.2 Å². The zero-order valence-electron chi connectivity index (χ0n) is 12.3. The van der Waals surface area contributed by atoms with Gasteiger partial charge < -0.3 is 15.8 Å². The van der Waals surface area contributed by atoms with Crippen molar-refractivity contribution in [3.63, 3.8) is 0 Å². The Labute approximate surface area is 135 Å². The molecule has 0 fully saturated rings. The maximum atomic E-state index is 12.5. The molecule has 0 radical (unpaired) electrons. The van der Waals surface area contributed by atoms with E-state index in [1.807, 2.05) is 0 Å². The maximum absolute atomic E-state index is 12.5. The molecule has 126 valence electrons. The van der Waals surface area contributed by atoms with E-state index in [0.29, 0.717) is 11.4 Å². The van der Waals surface area contributed by atoms with Crippen molar-refractivity contribution in [1.82, 2.24) is 0 Å². The van der Waals surface area contributed by atoms with Gasteiger partial charge in [-0.2, -0.15) is 13.2 Å². The number of alkyl halides is 3. The molecule has 0 unspecified atom stereocenters. The average molecular weight is 338 g/mol. The summed E-state index contributed by atoms with van der Waals surface area (Å²) in [7, 11) is 0. The van der Waals surface area contributed by atoms with Crippen LogP contribution in [-0.2, 0) is 11.0 Å². The standard InChI is InChI=1S/C16H13F3N2O3/c17-16(18,19)11-6-4-10(5-7-11)15(23)21-12-2-1-3-13(8-12)24-9-14(20)22/h1-8H,9H2,(H2,20,22)(H,21,23). The summed E-state index contributed by atoms with van der Waals surface area (Å²) in [6.07, 6.45) is -4.46. The number of rotatable bonds is 5. The van der Waals surface area contributed by atoms with Crippen molar-refractivity contribution < 1.29 is 27.5 Å². The highest BCUT2D eigenvalue weighted by molar-refractivity contribution is 6.04. The Bertz CT molecular complexity index is 743. The fraction of sp³-hybridized carbons (Fsp3) is 0.125. The van der Waals surface area contributed by atoms with Gasteiger partial charge in [-0.25, -0.2) is 0 Å². The molecule has 0 atom stereocenters. The monoisotopic (exact) mass is 338 g/mol. The van der Waals surface area contributed by atoms with E-state index in [0.717, 1.165) is 24.3 Å². The second-order valence-corrected chi connectivity index (χ2v) is 4.81. The van der Waals surface area contributed by atoms with Crippen LogP contribution in [0.5, 0.6) is 5.75 Å². The van der Waals surface area contributed by atoms with Crippen LogP contribution in [0.3, 0.4) is 0 Å². The van der Waals surface area contributed by atoms with Gasteiger partial charge >= 0.3 is 6.18 Å². The van der Waals surface area contributed by atoms with E-state index < -0.39 is 23.6 Å². The number of benzene rings is 2. The molecule has 2 aromatic carbocycles. The lowest BCUT2D eigenvalue weighted by molar-refractivity contribution is -0.137. The molecule has 0 saturated carbocycles. The quantitative estimate of drug-likeness (QED) is 0.879. The second-order valence-electron chi connectivity index (χ2n) is 4.81. The highest BCUT2D eigenvalue weighted by atomic mass is 19.4. The minimum atomic E-state index is -4.46. The molecule has 2 amide bonds. The first-order valence-electron chi connectivity index (χ1n) is 6.75. The average Bonchev–Trinajstić information content (AvgIpc) is 2.52. The lowest BCUT2D eigenvalue weighted by Gasteiger charge is -2.09. The molecule has 0 aliphatic rings. The highest BCUT2D eigenvalue weighted by Crippen LogP contribution is 2.29. The topological polar surface area (TPSA) is 81.4 Å². The summed E-state index contributed by atoms with van der Waals surface area (Å²) in [6.45, 7) is -0.309. The summed E-state index contributed by atoms with van der Waals surface area (Å²) >= 11 is 0. The Balaban J connectivity index is 2.06. The fourth-order valence-corrected chi connectivity index (χ4v) is 1.83. The number of anilines is 1. The Kier molecular flexibility index (Phi) is 5.08. The first-order chi connectivity index (χ1) is 11.3. The van der Waals surface area contributed by atoms with Gasteiger partial charge in [0.15, 0.2) is 6.61 Å². The molecule has 24 heavy (non-hydrogen) atoms. The number of ether oxygens (including phenoxy) is 1. The van der Waals surface area contributed by atoms with Crippen molar-refractivity contribution in [3.8, 4) is 5.75 Å². The van der Waals surface area contributed by atoms with Gasteiger partial charge in [0, 0.05) is 17.3 Å². The molecule has 2 rings (SSSR count). The molecule has 2 aromatic rings. The Morgan fingerprint density at radius 3 is 2.33 bits per heavy atom. The van der Waals surface area contributed by atoms with Crippen LogP contribution >= 0.6 is 0 Å². The number of primary amides is 1. The van der Waals surface area contributed by atoms with Crippen LogP contribution in [0.25, 0.3) is 0 Å². The van der Waals surface area contributed by atoms with E-state index >= 15 is 0 Å². The van der Waals surface area contributed by atoms with Crippen molar-refractivity contribution in [3.05, 3.63) is 59.7 Å². The van der Waals surface area contributed by atoms with Crippen LogP contribution < -0.4 is 15.8 Å². The van der Waals surface area contributed by atoms with E-state index in [1.165, 1.54) is 6.07 Å². The number of carbonyl (C=O) groups is 2. The minimum Gasteiger partial charge on any atom is -0.484 e. The first kappa shape index (κ1) is 17.3. The predicted octanol–water partition coefficient (Wildman–Crippen LogP) is 2.82. The van der Waals surface area contributed by atoms with Crippen molar-refractivity contribution in [2.24, 2.45) is 5.73 Å². The molecular formula is C16H13F3N2O3. The second kappa shape index (κ2) is 7.03. The molecule has 8 heteroatoms. The van der Waals surface area contributed by atoms with Gasteiger partial charge in [-0.3, -0.25) is 9.59 Å². The number of amides is 2. The summed E-state index contributed by atoms with van der Waals surface area (Å²) in [6, 6.07) is 10.0. The molecule has 0 heterocycles. The third-order valence-electron chi connectivity index (χ3n) is 2.95. The molecule has 0 saturated heterocycles. The van der Waals surface area contributed by atoms with E-state index in [9.17, 15) is 22.8 Å². The molecular weight excluding hydrogens is 325 g/mol. The van der Waals surface area contributed by atoms with Crippen molar-refractivity contribution in [2.45, 2.75) is 6.18 Å². The summed E-state index contributed by atoms with van der Waals surface area (Å²) in [4.78, 5) is 22.7. The number of hydrogen-bond donors (Lipinski definition) is 2. The molecule has 0 aromatic heterocycles. The number of halogens is 3. The highest BCUT2D eigenvalue weighted by Gasteiger charge is 2.30. The van der Waals surface area contributed by atoms with Gasteiger partial charge in [0.1, 0.15) is 5.75 Å². The first-order valence-corrected chi connectivity index (χ1v) is 6.75.